The van der Waals surface area contributed by atoms with E-state index < -0.39 is 29.2 Å². The molecule has 0 saturated carbocycles. The molecule has 1 aliphatic carbocycles. The summed E-state index contributed by atoms with van der Waals surface area (Å²) >= 11 is 0. The lowest BCUT2D eigenvalue weighted by Gasteiger charge is -2.18. The molecule has 0 amide bonds. The predicted octanol–water partition coefficient (Wildman–Crippen LogP) is 0.570. The summed E-state index contributed by atoms with van der Waals surface area (Å²) in [6, 6.07) is 1.32. The molecule has 2 rings (SSSR count). The van der Waals surface area contributed by atoms with Crippen molar-refractivity contribution in [3.63, 3.8) is 0 Å². The zero-order valence-electron chi connectivity index (χ0n) is 9.78. The van der Waals surface area contributed by atoms with Gasteiger partial charge in [-0.1, -0.05) is 0 Å². The summed E-state index contributed by atoms with van der Waals surface area (Å²) in [5.74, 6) is -0.993. The lowest BCUT2D eigenvalue weighted by molar-refractivity contribution is 0.286. The van der Waals surface area contributed by atoms with Crippen molar-refractivity contribution >= 4 is 5.70 Å². The Labute approximate surface area is 105 Å². The molecule has 1 unspecified atom stereocenters. The van der Waals surface area contributed by atoms with Crippen LogP contribution in [0.3, 0.4) is 0 Å². The fraction of sp³-hybridized carbons (Fsp3) is 0.273. The predicted molar refractivity (Wildman–Crippen MR) is 61.4 cm³/mol. The summed E-state index contributed by atoms with van der Waals surface area (Å²) in [5, 5.41) is 12.2. The Bertz CT molecular complexity index is 753. The number of nitriles is 1. The van der Waals surface area contributed by atoms with Crippen molar-refractivity contribution in [3.8, 4) is 6.07 Å². The van der Waals surface area contributed by atoms with Crippen LogP contribution in [0, 0.1) is 18.3 Å². The summed E-state index contributed by atoms with van der Waals surface area (Å²) in [6.07, 6.45) is 0.996. The number of nitrogens with zero attached hydrogens (tertiary/aromatic N) is 3. The second-order valence-electron chi connectivity index (χ2n) is 4.03. The average molecular weight is 266 g/mol. The summed E-state index contributed by atoms with van der Waals surface area (Å²) < 4.78 is 28.0. The van der Waals surface area contributed by atoms with E-state index in [0.29, 0.717) is 4.68 Å². The van der Waals surface area contributed by atoms with Gasteiger partial charge in [0, 0.05) is 0 Å². The normalized spacial score (nSPS) is 22.4. The van der Waals surface area contributed by atoms with Crippen LogP contribution in [0.15, 0.2) is 27.6 Å². The zero-order valence-corrected chi connectivity index (χ0v) is 9.78. The Morgan fingerprint density at radius 2 is 2.26 bits per heavy atom. The van der Waals surface area contributed by atoms with Crippen molar-refractivity contribution in [1.82, 2.24) is 14.8 Å². The van der Waals surface area contributed by atoms with Gasteiger partial charge in [-0.15, -0.1) is 0 Å². The number of aryl methyl sites for hydroxylation is 1. The van der Waals surface area contributed by atoms with E-state index in [4.69, 9.17) is 5.26 Å². The largest absolute Gasteiger partial charge is 0.349 e. The van der Waals surface area contributed by atoms with Gasteiger partial charge in [-0.2, -0.15) is 15.0 Å². The molecule has 1 heterocycles. The molecule has 1 aromatic rings. The van der Waals surface area contributed by atoms with Gasteiger partial charge in [0.15, 0.2) is 0 Å². The number of hydrogen-bond donors (Lipinski definition) is 1. The van der Waals surface area contributed by atoms with Crippen LogP contribution in [-0.2, 0) is 0 Å². The molecule has 1 aromatic heterocycles. The minimum Gasteiger partial charge on any atom is -0.271 e. The number of hydrogen-bond acceptors (Lipinski definition) is 4. The van der Waals surface area contributed by atoms with Crippen LogP contribution >= 0.6 is 0 Å². The summed E-state index contributed by atoms with van der Waals surface area (Å²) in [4.78, 5) is 24.6. The number of aromatic amines is 1. The number of H-pyrrole nitrogens is 1. The van der Waals surface area contributed by atoms with E-state index in [0.717, 1.165) is 12.2 Å². The van der Waals surface area contributed by atoms with E-state index >= 15 is 0 Å². The lowest BCUT2D eigenvalue weighted by Crippen LogP contribution is -2.34. The van der Waals surface area contributed by atoms with E-state index in [2.05, 4.69) is 5.10 Å². The molecule has 98 valence electrons. The molecule has 19 heavy (non-hydrogen) atoms. The second-order valence-corrected chi connectivity index (χ2v) is 4.03. The van der Waals surface area contributed by atoms with Crippen molar-refractivity contribution in [2.24, 2.45) is 0 Å². The minimum absolute atomic E-state index is 0.0364. The molecule has 1 aliphatic rings. The first-order chi connectivity index (χ1) is 8.86. The number of aromatic nitrogens is 3. The van der Waals surface area contributed by atoms with E-state index in [9.17, 15) is 18.4 Å². The molecular formula is C11H8F2N4O2. The smallest absolute Gasteiger partial charge is 0.271 e. The highest BCUT2D eigenvalue weighted by Crippen LogP contribution is 2.31. The first kappa shape index (κ1) is 12.9. The van der Waals surface area contributed by atoms with Crippen molar-refractivity contribution < 1.29 is 8.78 Å². The topological polar surface area (TPSA) is 91.5 Å². The van der Waals surface area contributed by atoms with E-state index in [1.165, 1.54) is 13.0 Å². The molecule has 0 spiro atoms. The number of rotatable bonds is 1. The van der Waals surface area contributed by atoms with Crippen molar-refractivity contribution in [2.75, 3.05) is 0 Å². The maximum Gasteiger partial charge on any atom is 0.349 e. The van der Waals surface area contributed by atoms with Gasteiger partial charge in [0.25, 0.3) is 5.56 Å². The van der Waals surface area contributed by atoms with Crippen LogP contribution in [-0.4, -0.2) is 20.4 Å². The average Bonchev–Trinajstić information content (AvgIpc) is 2.35. The van der Waals surface area contributed by atoms with Crippen LogP contribution in [0.1, 0.15) is 12.1 Å². The minimum atomic E-state index is -2.44. The highest BCUT2D eigenvalue weighted by molar-refractivity contribution is 5.62. The molecule has 0 saturated heterocycles. The highest BCUT2D eigenvalue weighted by Gasteiger charge is 2.33. The Morgan fingerprint density at radius 1 is 1.58 bits per heavy atom. The van der Waals surface area contributed by atoms with Gasteiger partial charge in [-0.05, 0) is 19.1 Å². The molecule has 1 N–H and O–H groups in total. The van der Waals surface area contributed by atoms with Gasteiger partial charge in [0.05, 0.1) is 6.42 Å². The molecule has 0 bridgehead atoms. The molecule has 0 aliphatic heterocycles. The number of allylic oxidation sites excluding steroid dienone is 4. The van der Waals surface area contributed by atoms with Crippen molar-refractivity contribution in [3.05, 3.63) is 44.5 Å². The first-order valence-electron chi connectivity index (χ1n) is 5.25. The molecule has 0 aromatic carbocycles. The summed E-state index contributed by atoms with van der Waals surface area (Å²) in [6.45, 7) is 1.34. The molecule has 0 radical (unpaired) electrons. The summed E-state index contributed by atoms with van der Waals surface area (Å²) in [7, 11) is 0. The van der Waals surface area contributed by atoms with Gasteiger partial charge in [-0.3, -0.25) is 9.78 Å². The Kier molecular flexibility index (Phi) is 2.90. The fourth-order valence-electron chi connectivity index (χ4n) is 1.58. The molecule has 8 heteroatoms. The van der Waals surface area contributed by atoms with E-state index in [1.54, 1.807) is 0 Å². The van der Waals surface area contributed by atoms with Crippen LogP contribution in [0.25, 0.3) is 5.70 Å². The number of nitrogens with one attached hydrogen (secondary N) is 1. The molecule has 1 atom stereocenters. The Hall–Kier alpha value is -2.56. The maximum atomic E-state index is 13.8. The SMILES string of the molecule is Cc1nn(C2=C(F)CC(F)(C#N)C=C2)c(=O)[nH]c1=O. The Morgan fingerprint density at radius 3 is 2.84 bits per heavy atom. The fourth-order valence-corrected chi connectivity index (χ4v) is 1.58. The number of halogens is 2. The van der Waals surface area contributed by atoms with Gasteiger partial charge >= 0.3 is 5.69 Å². The van der Waals surface area contributed by atoms with Crippen LogP contribution in [0.2, 0.25) is 0 Å². The highest BCUT2D eigenvalue weighted by atomic mass is 19.1. The Balaban J connectivity index is 2.57. The number of alkyl halides is 1. The third-order valence-electron chi connectivity index (χ3n) is 2.60. The lowest BCUT2D eigenvalue weighted by atomic mass is 9.97. The van der Waals surface area contributed by atoms with Crippen LogP contribution in [0.5, 0.6) is 0 Å². The van der Waals surface area contributed by atoms with Gasteiger partial charge < -0.3 is 0 Å². The van der Waals surface area contributed by atoms with E-state index in [-0.39, 0.29) is 11.4 Å². The standard InChI is InChI=1S/C11H8F2N4O2/c1-6-9(18)15-10(19)17(16-6)8-2-3-11(13,5-14)4-7(8)12/h2-3H,4H2,1H3,(H,15,18,19). The maximum absolute atomic E-state index is 13.8. The van der Waals surface area contributed by atoms with Crippen molar-refractivity contribution in [1.29, 1.82) is 5.26 Å². The molecular weight excluding hydrogens is 258 g/mol. The summed E-state index contributed by atoms with van der Waals surface area (Å²) in [5.41, 5.74) is -4.39. The molecule has 0 fully saturated rings. The molecule has 6 nitrogen and oxygen atoms in total. The quantitative estimate of drug-likeness (QED) is 0.804. The third kappa shape index (κ3) is 2.22. The van der Waals surface area contributed by atoms with Gasteiger partial charge in [-0.25, -0.2) is 13.6 Å². The second kappa shape index (κ2) is 4.28. The van der Waals surface area contributed by atoms with Crippen molar-refractivity contribution in [2.45, 2.75) is 19.0 Å². The van der Waals surface area contributed by atoms with Crippen LogP contribution in [0.4, 0.5) is 8.78 Å². The zero-order chi connectivity index (χ0) is 14.2. The first-order valence-corrected chi connectivity index (χ1v) is 5.25. The monoisotopic (exact) mass is 266 g/mol. The van der Waals surface area contributed by atoms with Gasteiger partial charge in [0.2, 0.25) is 5.67 Å². The van der Waals surface area contributed by atoms with Gasteiger partial charge in [0.1, 0.15) is 23.3 Å². The third-order valence-corrected chi connectivity index (χ3v) is 2.60. The van der Waals surface area contributed by atoms with Crippen LogP contribution < -0.4 is 11.2 Å². The van der Waals surface area contributed by atoms with E-state index in [1.807, 2.05) is 4.98 Å².